The van der Waals surface area contributed by atoms with Crippen molar-refractivity contribution in [3.05, 3.63) is 58.1 Å². The maximum absolute atomic E-state index is 13.8. The number of halogens is 12. The van der Waals surface area contributed by atoms with Gasteiger partial charge in [-0.05, 0) is 30.3 Å². The van der Waals surface area contributed by atoms with Gasteiger partial charge >= 0.3 is 36.7 Å². The zero-order valence-corrected chi connectivity index (χ0v) is 18.8. The largest absolute Gasteiger partial charge is 0.462 e. The van der Waals surface area contributed by atoms with Crippen LogP contribution >= 0.6 is 23.2 Å². The minimum Gasteiger partial charge on any atom is -0.427 e. The lowest BCUT2D eigenvalue weighted by molar-refractivity contribution is -0.460. The first-order chi connectivity index (χ1) is 16.8. The van der Waals surface area contributed by atoms with Gasteiger partial charge in [0.25, 0.3) is 5.91 Å². The van der Waals surface area contributed by atoms with Gasteiger partial charge in [0.1, 0.15) is 5.75 Å². The average molecular weight is 591 g/mol. The van der Waals surface area contributed by atoms with Crippen molar-refractivity contribution in [2.75, 3.05) is 5.32 Å². The summed E-state index contributed by atoms with van der Waals surface area (Å²) < 4.78 is 135. The van der Waals surface area contributed by atoms with Crippen molar-refractivity contribution >= 4 is 40.8 Å². The third-order valence-electron chi connectivity index (χ3n) is 4.02. The van der Waals surface area contributed by atoms with Crippen LogP contribution in [-0.4, -0.2) is 42.6 Å². The number of carbonyl (C=O) groups excluding carboxylic acids is 2. The molecular weight excluding hydrogens is 581 g/mol. The molecule has 2 aromatic carbocycles. The molecule has 0 heterocycles. The van der Waals surface area contributed by atoms with Gasteiger partial charge < -0.3 is 10.1 Å². The highest BCUT2D eigenvalue weighted by Gasteiger charge is 2.76. The molecular formula is C19H10Cl2F10N2O4. The van der Waals surface area contributed by atoms with Crippen molar-refractivity contribution in [1.82, 2.24) is 5.32 Å². The molecule has 0 spiro atoms. The summed E-state index contributed by atoms with van der Waals surface area (Å²) in [6.07, 6.45) is -24.1. The molecule has 0 aliphatic carbocycles. The Kier molecular flexibility index (Phi) is 8.82. The Hall–Kier alpha value is -2.98. The molecule has 0 saturated carbocycles. The molecule has 1 atom stereocenters. The topological polar surface area (TPSA) is 76.7 Å². The van der Waals surface area contributed by atoms with Crippen molar-refractivity contribution in [1.29, 1.82) is 0 Å². The molecule has 3 amide bonds. The van der Waals surface area contributed by atoms with Crippen LogP contribution in [-0.2, 0) is 4.74 Å². The molecule has 0 aliphatic rings. The first kappa shape index (κ1) is 30.2. The summed E-state index contributed by atoms with van der Waals surface area (Å²) in [5, 5.41) is 3.07. The number of imide groups is 1. The third kappa shape index (κ3) is 7.07. The van der Waals surface area contributed by atoms with Crippen LogP contribution in [0.25, 0.3) is 0 Å². The molecule has 0 radical (unpaired) electrons. The number of urea groups is 1. The van der Waals surface area contributed by atoms with Gasteiger partial charge in [-0.15, -0.1) is 0 Å². The van der Waals surface area contributed by atoms with Crippen LogP contribution in [0.4, 0.5) is 54.4 Å². The van der Waals surface area contributed by atoms with Crippen LogP contribution < -0.4 is 15.4 Å². The van der Waals surface area contributed by atoms with Gasteiger partial charge in [-0.1, -0.05) is 35.3 Å². The van der Waals surface area contributed by atoms with E-state index in [0.29, 0.717) is 12.1 Å². The number of ether oxygens (including phenoxy) is 2. The Morgan fingerprint density at radius 2 is 1.46 bits per heavy atom. The molecule has 2 aromatic rings. The lowest BCUT2D eigenvalue weighted by atomic mass is 10.2. The smallest absolute Gasteiger partial charge is 0.427 e. The van der Waals surface area contributed by atoms with Gasteiger partial charge in [-0.3, -0.25) is 14.8 Å². The van der Waals surface area contributed by atoms with Gasteiger partial charge in [0.15, 0.2) is 0 Å². The molecule has 0 aliphatic heterocycles. The van der Waals surface area contributed by atoms with E-state index in [1.807, 2.05) is 10.6 Å². The second-order valence-electron chi connectivity index (χ2n) is 6.72. The van der Waals surface area contributed by atoms with E-state index in [4.69, 9.17) is 23.2 Å². The monoisotopic (exact) mass is 590 g/mol. The summed E-state index contributed by atoms with van der Waals surface area (Å²) >= 11 is 11.4. The summed E-state index contributed by atoms with van der Waals surface area (Å²) in [4.78, 5) is 24.0. The molecule has 1 unspecified atom stereocenters. The number of carbonyl (C=O) groups is 2. The minimum absolute atomic E-state index is 0.00769. The lowest BCUT2D eigenvalue weighted by Crippen LogP contribution is -2.56. The fourth-order valence-corrected chi connectivity index (χ4v) is 2.71. The molecule has 0 bridgehead atoms. The number of anilines is 1. The Morgan fingerprint density at radius 3 is 2.00 bits per heavy atom. The number of alkyl halides is 10. The van der Waals surface area contributed by atoms with Crippen LogP contribution in [0.1, 0.15) is 10.4 Å². The Balaban J connectivity index is 2.08. The van der Waals surface area contributed by atoms with Crippen molar-refractivity contribution in [2.45, 2.75) is 30.7 Å². The van der Waals surface area contributed by atoms with E-state index < -0.39 is 53.4 Å². The second-order valence-corrected chi connectivity index (χ2v) is 7.53. The first-order valence-corrected chi connectivity index (χ1v) is 9.91. The van der Waals surface area contributed by atoms with E-state index in [1.54, 1.807) is 0 Å². The molecule has 37 heavy (non-hydrogen) atoms. The van der Waals surface area contributed by atoms with Crippen LogP contribution in [0.3, 0.4) is 0 Å². The first-order valence-electron chi connectivity index (χ1n) is 9.16. The standard InChI is InChI=1S/C19H10Cl2F10N2O4/c20-10-4-2-1-3-9(10)13(34)33-15(35)32-8-5-6-12(11(21)7-8)36-16(23,24)14(22)37-19(30,31)17(25,26)18(27,28)29/h1-7,14H,(H2,32,33,34,35). The SMILES string of the molecule is O=C(NC(=O)c1ccccc1Cl)Nc1ccc(OC(F)(F)C(F)OC(F)(F)C(F)(F)C(F)(F)F)c(Cl)c1. The number of nitrogens with one attached hydrogen (secondary N) is 2. The van der Waals surface area contributed by atoms with E-state index in [1.165, 1.54) is 24.3 Å². The summed E-state index contributed by atoms with van der Waals surface area (Å²) in [6, 6.07) is 6.42. The molecule has 6 nitrogen and oxygen atoms in total. The number of benzene rings is 2. The molecule has 204 valence electrons. The maximum atomic E-state index is 13.8. The van der Waals surface area contributed by atoms with Crippen molar-refractivity contribution in [3.63, 3.8) is 0 Å². The maximum Gasteiger partial charge on any atom is 0.462 e. The minimum atomic E-state index is -7.03. The van der Waals surface area contributed by atoms with Crippen molar-refractivity contribution in [2.24, 2.45) is 0 Å². The summed E-state index contributed by atoms with van der Waals surface area (Å²) in [6.45, 7) is 0. The highest BCUT2D eigenvalue weighted by molar-refractivity contribution is 6.34. The van der Waals surface area contributed by atoms with Gasteiger partial charge in [-0.2, -0.15) is 39.5 Å². The number of hydrogen-bond acceptors (Lipinski definition) is 4. The van der Waals surface area contributed by atoms with E-state index in [2.05, 4.69) is 9.47 Å². The molecule has 0 aromatic heterocycles. The van der Waals surface area contributed by atoms with Crippen LogP contribution in [0.15, 0.2) is 42.5 Å². The van der Waals surface area contributed by atoms with E-state index >= 15 is 0 Å². The van der Waals surface area contributed by atoms with E-state index in [0.717, 1.165) is 6.07 Å². The quantitative estimate of drug-likeness (QED) is 0.324. The van der Waals surface area contributed by atoms with Gasteiger partial charge in [-0.25, -0.2) is 9.18 Å². The highest BCUT2D eigenvalue weighted by Crippen LogP contribution is 2.48. The fourth-order valence-electron chi connectivity index (χ4n) is 2.27. The van der Waals surface area contributed by atoms with Gasteiger partial charge in [0, 0.05) is 5.69 Å². The zero-order chi connectivity index (χ0) is 28.4. The van der Waals surface area contributed by atoms with Crippen LogP contribution in [0, 0.1) is 0 Å². The molecule has 2 N–H and O–H groups in total. The van der Waals surface area contributed by atoms with E-state index in [9.17, 15) is 53.5 Å². The molecule has 0 saturated heterocycles. The van der Waals surface area contributed by atoms with Gasteiger partial charge in [0.05, 0.1) is 15.6 Å². The normalized spacial score (nSPS) is 13.6. The van der Waals surface area contributed by atoms with Gasteiger partial charge in [0.2, 0.25) is 0 Å². The summed E-state index contributed by atoms with van der Waals surface area (Å²) in [5.74, 6) is -9.16. The lowest BCUT2D eigenvalue weighted by Gasteiger charge is -2.30. The second kappa shape index (κ2) is 10.8. The third-order valence-corrected chi connectivity index (χ3v) is 4.64. The van der Waals surface area contributed by atoms with E-state index in [-0.39, 0.29) is 16.3 Å². The predicted molar refractivity (Wildman–Crippen MR) is 107 cm³/mol. The predicted octanol–water partition coefficient (Wildman–Crippen LogP) is 7.03. The van der Waals surface area contributed by atoms with Crippen molar-refractivity contribution in [3.8, 4) is 5.75 Å². The summed E-state index contributed by atoms with van der Waals surface area (Å²) in [7, 11) is 0. The Bertz CT molecular complexity index is 1160. The molecule has 2 rings (SSSR count). The highest BCUT2D eigenvalue weighted by atomic mass is 35.5. The van der Waals surface area contributed by atoms with Crippen LogP contribution in [0.5, 0.6) is 5.75 Å². The number of rotatable bonds is 8. The molecule has 0 fully saturated rings. The zero-order valence-electron chi connectivity index (χ0n) is 17.3. The van der Waals surface area contributed by atoms with Crippen LogP contribution in [0.2, 0.25) is 10.0 Å². The summed E-state index contributed by atoms with van der Waals surface area (Å²) in [5.41, 5.74) is -0.362. The number of hydrogen-bond donors (Lipinski definition) is 2. The Morgan fingerprint density at radius 1 is 0.865 bits per heavy atom. The molecule has 18 heteroatoms. The average Bonchev–Trinajstić information content (AvgIpc) is 2.74. The fraction of sp³-hybridized carbons (Fsp3) is 0.263. The Labute approximate surface area is 209 Å². The van der Waals surface area contributed by atoms with Crippen molar-refractivity contribution < 1.29 is 63.0 Å². The number of amides is 3.